The van der Waals surface area contributed by atoms with Gasteiger partial charge in [-0.25, -0.2) is 0 Å². The van der Waals surface area contributed by atoms with Gasteiger partial charge >= 0.3 is 0 Å². The predicted octanol–water partition coefficient (Wildman–Crippen LogP) is -0.412. The van der Waals surface area contributed by atoms with Crippen LogP contribution in [0.25, 0.3) is 0 Å². The summed E-state index contributed by atoms with van der Waals surface area (Å²) in [6.07, 6.45) is 0.758. The van der Waals surface area contributed by atoms with Crippen LogP contribution in [0.1, 0.15) is 20.8 Å². The molecule has 6 nitrogen and oxygen atoms in total. The van der Waals surface area contributed by atoms with E-state index in [-0.39, 0.29) is 0 Å². The molecule has 0 fully saturated rings. The Hall–Kier alpha value is -1.56. The fraction of sp³-hybridized carbons (Fsp3) is 0.500. The molecular weight excluding hydrogens is 188 g/mol. The highest BCUT2D eigenvalue weighted by molar-refractivity contribution is 5.97. The first-order chi connectivity index (χ1) is 6.22. The highest BCUT2D eigenvalue weighted by Gasteiger charge is 2.16. The maximum Gasteiger partial charge on any atom is 0.288 e. The first-order valence-corrected chi connectivity index (χ1v) is 3.89. The summed E-state index contributed by atoms with van der Waals surface area (Å²) in [5, 5.41) is 0. The zero-order valence-corrected chi connectivity index (χ0v) is 8.37. The summed E-state index contributed by atoms with van der Waals surface area (Å²) >= 11 is 0. The van der Waals surface area contributed by atoms with Crippen LogP contribution in [-0.2, 0) is 19.4 Å². The second kappa shape index (κ2) is 4.61. The number of carbonyl (C=O) groups is 2. The topological polar surface area (TPSA) is 105 Å². The quantitative estimate of drug-likeness (QED) is 0.280. The Balaban J connectivity index is 4.41. The van der Waals surface area contributed by atoms with Gasteiger partial charge in [0.15, 0.2) is 0 Å². The fourth-order valence-corrected chi connectivity index (χ4v) is 0.435. The smallest absolute Gasteiger partial charge is 0.288 e. The van der Waals surface area contributed by atoms with Crippen LogP contribution in [0.3, 0.4) is 0 Å². The average Bonchev–Trinajstić information content (AvgIpc) is 1.94. The van der Waals surface area contributed by atoms with Crippen LogP contribution in [0.5, 0.6) is 0 Å². The number of primary amides is 2. The molecule has 0 rings (SSSR count). The van der Waals surface area contributed by atoms with Gasteiger partial charge in [-0.2, -0.15) is 4.89 Å². The lowest BCUT2D eigenvalue weighted by molar-refractivity contribution is -0.318. The van der Waals surface area contributed by atoms with Crippen molar-refractivity contribution in [2.24, 2.45) is 11.5 Å². The molecule has 0 atom stereocenters. The van der Waals surface area contributed by atoms with Crippen LogP contribution in [0, 0.1) is 0 Å². The molecule has 0 saturated carbocycles. The van der Waals surface area contributed by atoms with Crippen LogP contribution in [0.4, 0.5) is 0 Å². The van der Waals surface area contributed by atoms with Gasteiger partial charge < -0.3 is 16.4 Å². The van der Waals surface area contributed by atoms with Crippen molar-refractivity contribution in [2.75, 3.05) is 0 Å². The molecular formula is C8H14N2O4. The number of hydrogen-bond donors (Lipinski definition) is 2. The molecule has 0 spiro atoms. The van der Waals surface area contributed by atoms with Gasteiger partial charge in [-0.15, -0.1) is 0 Å². The van der Waals surface area contributed by atoms with E-state index in [4.69, 9.17) is 16.4 Å². The van der Waals surface area contributed by atoms with E-state index in [1.165, 1.54) is 0 Å². The third-order valence-corrected chi connectivity index (χ3v) is 0.898. The van der Waals surface area contributed by atoms with E-state index in [0.717, 1.165) is 6.08 Å². The molecule has 2 amide bonds. The van der Waals surface area contributed by atoms with E-state index in [0.29, 0.717) is 0 Å². The van der Waals surface area contributed by atoms with Gasteiger partial charge in [0.2, 0.25) is 11.7 Å². The summed E-state index contributed by atoms with van der Waals surface area (Å²) in [5.74, 6) is -2.18. The molecule has 4 N–H and O–H groups in total. The monoisotopic (exact) mass is 202 g/mol. The maximum atomic E-state index is 10.7. The van der Waals surface area contributed by atoms with E-state index in [9.17, 15) is 9.59 Å². The number of carbonyl (C=O) groups excluding carboxylic acids is 2. The molecule has 0 bridgehead atoms. The van der Waals surface area contributed by atoms with Gasteiger partial charge in [0.25, 0.3) is 5.91 Å². The summed E-state index contributed by atoms with van der Waals surface area (Å²) in [7, 11) is 0. The third kappa shape index (κ3) is 6.01. The Morgan fingerprint density at radius 3 is 2.00 bits per heavy atom. The summed E-state index contributed by atoms with van der Waals surface area (Å²) in [6, 6.07) is 0. The van der Waals surface area contributed by atoms with Crippen molar-refractivity contribution in [2.45, 2.75) is 26.4 Å². The SMILES string of the molecule is CC(C)(C)OO/C(=C/C(N)=O)C(N)=O. The van der Waals surface area contributed by atoms with Crippen molar-refractivity contribution < 1.29 is 19.4 Å². The van der Waals surface area contributed by atoms with Crippen molar-refractivity contribution in [1.29, 1.82) is 0 Å². The normalized spacial score (nSPS) is 12.4. The summed E-state index contributed by atoms with van der Waals surface area (Å²) < 4.78 is 0. The molecule has 14 heavy (non-hydrogen) atoms. The minimum atomic E-state index is -0.923. The number of nitrogens with two attached hydrogens (primary N) is 2. The molecule has 0 aliphatic carbocycles. The molecule has 0 saturated heterocycles. The van der Waals surface area contributed by atoms with E-state index >= 15 is 0 Å². The van der Waals surface area contributed by atoms with E-state index in [2.05, 4.69) is 4.89 Å². The molecule has 0 unspecified atom stereocenters. The second-order valence-corrected chi connectivity index (χ2v) is 3.55. The lowest BCUT2D eigenvalue weighted by atomic mass is 10.2. The molecule has 0 aliphatic heterocycles. The molecule has 0 aromatic carbocycles. The van der Waals surface area contributed by atoms with Gasteiger partial charge in [-0.1, -0.05) is 0 Å². The Bertz CT molecular complexity index is 265. The fourth-order valence-electron chi connectivity index (χ4n) is 0.435. The summed E-state index contributed by atoms with van der Waals surface area (Å²) in [6.45, 7) is 5.11. The van der Waals surface area contributed by atoms with Gasteiger partial charge in [-0.05, 0) is 20.8 Å². The van der Waals surface area contributed by atoms with Crippen LogP contribution < -0.4 is 11.5 Å². The van der Waals surface area contributed by atoms with Gasteiger partial charge in [0.1, 0.15) is 5.60 Å². The molecule has 0 aromatic heterocycles. The van der Waals surface area contributed by atoms with Crippen molar-refractivity contribution >= 4 is 11.8 Å². The number of amides is 2. The van der Waals surface area contributed by atoms with Crippen LogP contribution in [-0.4, -0.2) is 17.4 Å². The van der Waals surface area contributed by atoms with Crippen LogP contribution >= 0.6 is 0 Å². The largest absolute Gasteiger partial charge is 0.366 e. The molecule has 0 aromatic rings. The van der Waals surface area contributed by atoms with E-state index in [1.54, 1.807) is 20.8 Å². The predicted molar refractivity (Wildman–Crippen MR) is 48.4 cm³/mol. The lowest BCUT2D eigenvalue weighted by Gasteiger charge is -2.17. The van der Waals surface area contributed by atoms with Crippen molar-refractivity contribution in [1.82, 2.24) is 0 Å². The van der Waals surface area contributed by atoms with Gasteiger partial charge in [0, 0.05) is 0 Å². The highest BCUT2D eigenvalue weighted by atomic mass is 17.2. The summed E-state index contributed by atoms with van der Waals surface area (Å²) in [5.41, 5.74) is 9.09. The first-order valence-electron chi connectivity index (χ1n) is 3.89. The highest BCUT2D eigenvalue weighted by Crippen LogP contribution is 2.10. The number of hydrogen-bond acceptors (Lipinski definition) is 4. The maximum absolute atomic E-state index is 10.7. The zero-order chi connectivity index (χ0) is 11.4. The van der Waals surface area contributed by atoms with Crippen LogP contribution in [0.15, 0.2) is 11.8 Å². The Morgan fingerprint density at radius 1 is 1.21 bits per heavy atom. The van der Waals surface area contributed by atoms with Crippen molar-refractivity contribution in [3.8, 4) is 0 Å². The molecule has 0 heterocycles. The van der Waals surface area contributed by atoms with E-state index < -0.39 is 23.2 Å². The third-order valence-electron chi connectivity index (χ3n) is 0.898. The standard InChI is InChI=1S/C8H14N2O4/c1-8(2,3)14-13-5(7(10)12)4-6(9)11/h4H,1-3H3,(H2,9,11)(H2,10,12)/b5-4+. The lowest BCUT2D eigenvalue weighted by Crippen LogP contribution is -2.25. The van der Waals surface area contributed by atoms with Crippen molar-refractivity contribution in [3.63, 3.8) is 0 Å². The molecule has 80 valence electrons. The Morgan fingerprint density at radius 2 is 1.71 bits per heavy atom. The van der Waals surface area contributed by atoms with Gasteiger partial charge in [-0.3, -0.25) is 9.59 Å². The molecule has 6 heteroatoms. The minimum Gasteiger partial charge on any atom is -0.366 e. The number of rotatable bonds is 4. The van der Waals surface area contributed by atoms with Crippen LogP contribution in [0.2, 0.25) is 0 Å². The van der Waals surface area contributed by atoms with Gasteiger partial charge in [0.05, 0.1) is 6.08 Å². The Labute approximate surface area is 81.8 Å². The molecule has 0 radical (unpaired) electrons. The first kappa shape index (κ1) is 12.4. The van der Waals surface area contributed by atoms with Crippen molar-refractivity contribution in [3.05, 3.63) is 11.8 Å². The zero-order valence-electron chi connectivity index (χ0n) is 8.37. The summed E-state index contributed by atoms with van der Waals surface area (Å²) in [4.78, 5) is 30.5. The average molecular weight is 202 g/mol. The minimum absolute atomic E-state index is 0.424. The molecule has 0 aliphatic rings. The van der Waals surface area contributed by atoms with E-state index in [1.807, 2.05) is 0 Å². The Kier molecular flexibility index (Phi) is 4.10. The second-order valence-electron chi connectivity index (χ2n) is 3.55.